The molecule has 2 aliphatic heterocycles. The highest BCUT2D eigenvalue weighted by atomic mass is 15.3. The first kappa shape index (κ1) is 16.7. The summed E-state index contributed by atoms with van der Waals surface area (Å²) in [5.41, 5.74) is 0.735. The summed E-state index contributed by atoms with van der Waals surface area (Å²) in [6, 6.07) is 0.723. The maximum absolute atomic E-state index is 2.75. The van der Waals surface area contributed by atoms with Crippen LogP contribution >= 0.6 is 0 Å². The fraction of sp³-hybridized carbons (Fsp3) is 1.00. The molecule has 0 radical (unpaired) electrons. The van der Waals surface area contributed by atoms with Crippen molar-refractivity contribution in [3.8, 4) is 0 Å². The van der Waals surface area contributed by atoms with Crippen molar-refractivity contribution in [3.05, 3.63) is 0 Å². The molecule has 0 bridgehead atoms. The average molecular weight is 308 g/mol. The Labute approximate surface area is 138 Å². The number of hydrogen-bond donors (Lipinski definition) is 0. The Morgan fingerprint density at radius 3 is 2.00 bits per heavy atom. The van der Waals surface area contributed by atoms with Crippen LogP contribution in [0, 0.1) is 11.3 Å². The summed E-state index contributed by atoms with van der Waals surface area (Å²) < 4.78 is 0. The van der Waals surface area contributed by atoms with Crippen LogP contribution in [0.3, 0.4) is 0 Å². The molecule has 3 fully saturated rings. The van der Waals surface area contributed by atoms with Crippen molar-refractivity contribution in [1.29, 1.82) is 0 Å². The number of rotatable bonds is 3. The zero-order valence-electron chi connectivity index (χ0n) is 15.2. The summed E-state index contributed by atoms with van der Waals surface area (Å²) in [6.07, 6.45) is 8.93. The second kappa shape index (κ2) is 7.19. The topological polar surface area (TPSA) is 9.72 Å². The first-order valence-electron chi connectivity index (χ1n) is 9.71. The van der Waals surface area contributed by atoms with Crippen LogP contribution in [0.4, 0.5) is 0 Å². The van der Waals surface area contributed by atoms with E-state index in [0.29, 0.717) is 0 Å². The van der Waals surface area contributed by atoms with E-state index < -0.39 is 0 Å². The lowest BCUT2D eigenvalue weighted by Gasteiger charge is -2.46. The summed E-state index contributed by atoms with van der Waals surface area (Å²) in [5.74, 6) is 0.982. The SMILES string of the molecule is CC(C)N1CCN(CC2CCC3(CC2)CCN(C)CC3)CC1. The van der Waals surface area contributed by atoms with Gasteiger partial charge in [-0.25, -0.2) is 0 Å². The van der Waals surface area contributed by atoms with Crippen LogP contribution in [0.5, 0.6) is 0 Å². The van der Waals surface area contributed by atoms with E-state index in [4.69, 9.17) is 0 Å². The van der Waals surface area contributed by atoms with Crippen LogP contribution in [-0.2, 0) is 0 Å². The Bertz CT molecular complexity index is 329. The highest BCUT2D eigenvalue weighted by Gasteiger charge is 2.37. The smallest absolute Gasteiger partial charge is 0.0113 e. The van der Waals surface area contributed by atoms with Gasteiger partial charge in [0.05, 0.1) is 0 Å². The molecule has 0 aromatic rings. The van der Waals surface area contributed by atoms with Gasteiger partial charge in [0, 0.05) is 38.8 Å². The largest absolute Gasteiger partial charge is 0.306 e. The Morgan fingerprint density at radius 1 is 0.864 bits per heavy atom. The van der Waals surface area contributed by atoms with Crippen molar-refractivity contribution in [2.75, 3.05) is 52.9 Å². The van der Waals surface area contributed by atoms with Gasteiger partial charge in [0.25, 0.3) is 0 Å². The van der Waals surface area contributed by atoms with Gasteiger partial charge in [-0.3, -0.25) is 4.90 Å². The zero-order chi connectivity index (χ0) is 15.6. The van der Waals surface area contributed by atoms with Crippen molar-refractivity contribution in [3.63, 3.8) is 0 Å². The van der Waals surface area contributed by atoms with E-state index >= 15 is 0 Å². The van der Waals surface area contributed by atoms with Crippen LogP contribution in [-0.4, -0.2) is 73.6 Å². The van der Waals surface area contributed by atoms with Crippen LogP contribution in [0.15, 0.2) is 0 Å². The van der Waals surface area contributed by atoms with Crippen molar-refractivity contribution >= 4 is 0 Å². The number of nitrogens with zero attached hydrogens (tertiary/aromatic N) is 3. The molecular formula is C19H37N3. The highest BCUT2D eigenvalue weighted by molar-refractivity contribution is 4.90. The van der Waals surface area contributed by atoms with E-state index in [1.165, 1.54) is 84.3 Å². The van der Waals surface area contributed by atoms with Crippen LogP contribution < -0.4 is 0 Å². The highest BCUT2D eigenvalue weighted by Crippen LogP contribution is 2.46. The third-order valence-electron chi connectivity index (χ3n) is 6.87. The summed E-state index contributed by atoms with van der Waals surface area (Å²) in [4.78, 5) is 7.90. The molecule has 2 saturated heterocycles. The van der Waals surface area contributed by atoms with Gasteiger partial charge in [0.2, 0.25) is 0 Å². The standard InChI is InChI=1S/C19H37N3/c1-17(2)22-14-12-21(13-15-22)16-18-4-6-19(7-5-18)8-10-20(3)11-9-19/h17-18H,4-16H2,1-3H3. The maximum atomic E-state index is 2.75. The normalized spacial score (nSPS) is 29.5. The summed E-state index contributed by atoms with van der Waals surface area (Å²) >= 11 is 0. The van der Waals surface area contributed by atoms with Gasteiger partial charge >= 0.3 is 0 Å². The van der Waals surface area contributed by atoms with E-state index in [0.717, 1.165) is 17.4 Å². The number of piperazine rings is 1. The van der Waals surface area contributed by atoms with E-state index in [2.05, 4.69) is 35.6 Å². The molecule has 0 aromatic carbocycles. The van der Waals surface area contributed by atoms with E-state index in [1.54, 1.807) is 0 Å². The van der Waals surface area contributed by atoms with Crippen molar-refractivity contribution in [1.82, 2.24) is 14.7 Å². The minimum Gasteiger partial charge on any atom is -0.306 e. The molecule has 3 heteroatoms. The molecule has 3 nitrogen and oxygen atoms in total. The number of hydrogen-bond acceptors (Lipinski definition) is 3. The third kappa shape index (κ3) is 4.04. The second-order valence-corrected chi connectivity index (χ2v) is 8.68. The van der Waals surface area contributed by atoms with Gasteiger partial charge in [-0.2, -0.15) is 0 Å². The second-order valence-electron chi connectivity index (χ2n) is 8.68. The van der Waals surface area contributed by atoms with Gasteiger partial charge in [-0.15, -0.1) is 0 Å². The molecule has 1 spiro atoms. The van der Waals surface area contributed by atoms with Gasteiger partial charge < -0.3 is 9.80 Å². The molecule has 0 N–H and O–H groups in total. The zero-order valence-corrected chi connectivity index (χ0v) is 15.2. The minimum atomic E-state index is 0.723. The average Bonchev–Trinajstić information content (AvgIpc) is 2.53. The van der Waals surface area contributed by atoms with Crippen molar-refractivity contribution < 1.29 is 0 Å². The molecular weight excluding hydrogens is 270 g/mol. The molecule has 128 valence electrons. The van der Waals surface area contributed by atoms with Crippen LogP contribution in [0.25, 0.3) is 0 Å². The third-order valence-corrected chi connectivity index (χ3v) is 6.87. The van der Waals surface area contributed by atoms with E-state index in [9.17, 15) is 0 Å². The summed E-state index contributed by atoms with van der Waals surface area (Å²) in [7, 11) is 2.29. The van der Waals surface area contributed by atoms with Crippen molar-refractivity contribution in [2.24, 2.45) is 11.3 Å². The molecule has 0 aromatic heterocycles. The lowest BCUT2D eigenvalue weighted by Crippen LogP contribution is -2.50. The Kier molecular flexibility index (Phi) is 5.47. The molecule has 1 aliphatic carbocycles. The molecule has 1 saturated carbocycles. The molecule has 3 rings (SSSR count). The molecule has 0 unspecified atom stereocenters. The van der Waals surface area contributed by atoms with E-state index in [-0.39, 0.29) is 0 Å². The molecule has 0 amide bonds. The number of likely N-dealkylation sites (tertiary alicyclic amines) is 1. The molecule has 2 heterocycles. The Hall–Kier alpha value is -0.120. The predicted molar refractivity (Wildman–Crippen MR) is 94.3 cm³/mol. The molecule has 22 heavy (non-hydrogen) atoms. The Morgan fingerprint density at radius 2 is 1.45 bits per heavy atom. The fourth-order valence-electron chi connectivity index (χ4n) is 4.89. The van der Waals surface area contributed by atoms with Gasteiger partial charge in [-0.1, -0.05) is 0 Å². The quantitative estimate of drug-likeness (QED) is 0.794. The van der Waals surface area contributed by atoms with Gasteiger partial charge in [-0.05, 0) is 83.8 Å². The van der Waals surface area contributed by atoms with E-state index in [1.807, 2.05) is 0 Å². The first-order valence-corrected chi connectivity index (χ1v) is 9.71. The predicted octanol–water partition coefficient (Wildman–Crippen LogP) is 2.91. The minimum absolute atomic E-state index is 0.723. The lowest BCUT2D eigenvalue weighted by molar-refractivity contribution is 0.0425. The lowest BCUT2D eigenvalue weighted by atomic mass is 9.65. The molecule has 3 aliphatic rings. The fourth-order valence-corrected chi connectivity index (χ4v) is 4.89. The van der Waals surface area contributed by atoms with Gasteiger partial charge in [0.1, 0.15) is 0 Å². The monoisotopic (exact) mass is 307 g/mol. The Balaban J connectivity index is 1.39. The summed E-state index contributed by atoms with van der Waals surface area (Å²) in [6.45, 7) is 13.9. The van der Waals surface area contributed by atoms with Crippen molar-refractivity contribution in [2.45, 2.75) is 58.4 Å². The maximum Gasteiger partial charge on any atom is 0.0113 e. The summed E-state index contributed by atoms with van der Waals surface area (Å²) in [5, 5.41) is 0. The molecule has 0 atom stereocenters. The number of piperidine rings is 1. The van der Waals surface area contributed by atoms with Crippen LogP contribution in [0.2, 0.25) is 0 Å². The first-order chi connectivity index (χ1) is 10.6. The van der Waals surface area contributed by atoms with Crippen LogP contribution in [0.1, 0.15) is 52.4 Å². The van der Waals surface area contributed by atoms with Gasteiger partial charge in [0.15, 0.2) is 0 Å².